The minimum Gasteiger partial charge on any atom is -0.390 e. The van der Waals surface area contributed by atoms with Crippen molar-refractivity contribution >= 4 is 23.2 Å². The van der Waals surface area contributed by atoms with Gasteiger partial charge in [-0.05, 0) is 55.5 Å². The largest absolute Gasteiger partial charge is 0.390 e. The predicted molar refractivity (Wildman–Crippen MR) is 155 cm³/mol. The fourth-order valence-electron chi connectivity index (χ4n) is 6.65. The number of rotatable bonds is 6. The van der Waals surface area contributed by atoms with Crippen molar-refractivity contribution < 1.29 is 9.90 Å². The molecule has 0 saturated carbocycles. The molecule has 4 heterocycles. The summed E-state index contributed by atoms with van der Waals surface area (Å²) in [5, 5.41) is 16.9. The fraction of sp³-hybridized carbons (Fsp3) is 0.484. The van der Waals surface area contributed by atoms with Crippen molar-refractivity contribution in [3.05, 3.63) is 69.9 Å². The summed E-state index contributed by atoms with van der Waals surface area (Å²) in [6.07, 6.45) is 3.62. The molecule has 1 N–H and O–H groups in total. The molecule has 7 nitrogen and oxygen atoms in total. The number of anilines is 1. The SMILES string of the molecule is CC(=O)N1CCc2c(c(-c3ccc(Cl)c(C)c3)nn2CC(O)CN2CCC(N3CCc4ccccc43)CC2)C1. The number of nitrogens with zero attached hydrogens (tertiary/aromatic N) is 5. The van der Waals surface area contributed by atoms with E-state index < -0.39 is 6.10 Å². The third-order valence-electron chi connectivity index (χ3n) is 8.78. The second-order valence-corrected chi connectivity index (χ2v) is 11.8. The van der Waals surface area contributed by atoms with Gasteiger partial charge < -0.3 is 19.8 Å². The Kier molecular flexibility index (Phi) is 7.40. The lowest BCUT2D eigenvalue weighted by molar-refractivity contribution is -0.129. The van der Waals surface area contributed by atoms with E-state index in [1.165, 1.54) is 11.3 Å². The standard InChI is InChI=1S/C31H38ClN5O2/c1-21-17-24(7-8-28(21)32)31-27-20-35(22(2)38)15-12-30(27)37(33-31)19-26(39)18-34-13-10-25(11-14-34)36-16-9-23-5-3-4-6-29(23)36/h3-8,17,25-26,39H,9-16,18-20H2,1-2H3. The van der Waals surface area contributed by atoms with Crippen molar-refractivity contribution in [2.24, 2.45) is 0 Å². The van der Waals surface area contributed by atoms with Crippen molar-refractivity contribution in [2.45, 2.75) is 64.8 Å². The number of hydrogen-bond donors (Lipinski definition) is 1. The number of carbonyl (C=O) groups excluding carboxylic acids is 1. The van der Waals surface area contributed by atoms with Crippen LogP contribution >= 0.6 is 11.6 Å². The molecule has 3 aliphatic rings. The van der Waals surface area contributed by atoms with E-state index in [0.717, 1.165) is 78.4 Å². The molecule has 1 saturated heterocycles. The number of amides is 1. The maximum atomic E-state index is 12.2. The molecular formula is C31H38ClN5O2. The van der Waals surface area contributed by atoms with Gasteiger partial charge in [0.15, 0.2) is 0 Å². The van der Waals surface area contributed by atoms with Crippen LogP contribution in [0.3, 0.4) is 0 Å². The van der Waals surface area contributed by atoms with Crippen LogP contribution in [0, 0.1) is 6.92 Å². The number of hydrogen-bond acceptors (Lipinski definition) is 5. The Bertz CT molecular complexity index is 1360. The van der Waals surface area contributed by atoms with Crippen LogP contribution in [0.5, 0.6) is 0 Å². The second kappa shape index (κ2) is 11.0. The van der Waals surface area contributed by atoms with E-state index in [1.807, 2.05) is 28.6 Å². The first-order chi connectivity index (χ1) is 18.9. The van der Waals surface area contributed by atoms with Gasteiger partial charge in [0.2, 0.25) is 5.91 Å². The van der Waals surface area contributed by atoms with Gasteiger partial charge in [-0.2, -0.15) is 5.10 Å². The molecule has 206 valence electrons. The Morgan fingerprint density at radius 2 is 1.87 bits per heavy atom. The molecule has 0 spiro atoms. The third kappa shape index (κ3) is 5.32. The lowest BCUT2D eigenvalue weighted by Crippen LogP contribution is -2.47. The molecule has 3 aromatic rings. The summed E-state index contributed by atoms with van der Waals surface area (Å²) in [6.45, 7) is 9.06. The molecular weight excluding hydrogens is 510 g/mol. The Morgan fingerprint density at radius 1 is 1.08 bits per heavy atom. The zero-order valence-electron chi connectivity index (χ0n) is 22.9. The van der Waals surface area contributed by atoms with Crippen molar-refractivity contribution in [3.8, 4) is 11.3 Å². The molecule has 3 aliphatic heterocycles. The summed E-state index contributed by atoms with van der Waals surface area (Å²) < 4.78 is 1.99. The Balaban J connectivity index is 1.13. The van der Waals surface area contributed by atoms with Crippen LogP contribution in [-0.2, 0) is 30.7 Å². The van der Waals surface area contributed by atoms with Gasteiger partial charge in [0.1, 0.15) is 0 Å². The molecule has 0 aliphatic carbocycles. The monoisotopic (exact) mass is 547 g/mol. The number of para-hydroxylation sites is 1. The Labute approximate surface area is 236 Å². The first-order valence-corrected chi connectivity index (χ1v) is 14.6. The zero-order valence-corrected chi connectivity index (χ0v) is 23.7. The summed E-state index contributed by atoms with van der Waals surface area (Å²) in [5.41, 5.74) is 7.97. The highest BCUT2D eigenvalue weighted by molar-refractivity contribution is 6.31. The smallest absolute Gasteiger partial charge is 0.219 e. The van der Waals surface area contributed by atoms with Crippen LogP contribution < -0.4 is 4.90 Å². The molecule has 1 atom stereocenters. The lowest BCUT2D eigenvalue weighted by Gasteiger charge is -2.38. The number of carbonyl (C=O) groups is 1. The Hall–Kier alpha value is -2.87. The van der Waals surface area contributed by atoms with Crippen LogP contribution in [0.2, 0.25) is 5.02 Å². The summed E-state index contributed by atoms with van der Waals surface area (Å²) in [4.78, 5) is 19.0. The van der Waals surface area contributed by atoms with Crippen LogP contribution in [0.1, 0.15) is 42.1 Å². The number of aryl methyl sites for hydroxylation is 1. The minimum absolute atomic E-state index is 0.0764. The zero-order chi connectivity index (χ0) is 27.1. The van der Waals surface area contributed by atoms with Gasteiger partial charge in [-0.25, -0.2) is 0 Å². The third-order valence-corrected chi connectivity index (χ3v) is 9.21. The van der Waals surface area contributed by atoms with Gasteiger partial charge >= 0.3 is 0 Å². The summed E-state index contributed by atoms with van der Waals surface area (Å²) in [7, 11) is 0. The van der Waals surface area contributed by atoms with E-state index in [4.69, 9.17) is 16.7 Å². The van der Waals surface area contributed by atoms with Gasteiger partial charge in [-0.15, -0.1) is 0 Å². The molecule has 1 amide bonds. The van der Waals surface area contributed by atoms with Gasteiger partial charge in [-0.1, -0.05) is 35.9 Å². The van der Waals surface area contributed by atoms with E-state index in [9.17, 15) is 9.90 Å². The number of aliphatic hydroxyl groups is 1. The highest BCUT2D eigenvalue weighted by Gasteiger charge is 2.31. The molecule has 0 bridgehead atoms. The lowest BCUT2D eigenvalue weighted by atomic mass is 9.99. The fourth-order valence-corrected chi connectivity index (χ4v) is 6.76. The van der Waals surface area contributed by atoms with Crippen LogP contribution in [0.4, 0.5) is 5.69 Å². The number of β-amino-alcohol motifs (C(OH)–C–C–N with tert-alkyl or cyclic N) is 1. The quantitative estimate of drug-likeness (QED) is 0.498. The van der Waals surface area contributed by atoms with Gasteiger partial charge in [0, 0.05) is 86.2 Å². The minimum atomic E-state index is -0.510. The van der Waals surface area contributed by atoms with E-state index in [-0.39, 0.29) is 5.91 Å². The number of piperidine rings is 1. The van der Waals surface area contributed by atoms with Crippen molar-refractivity contribution in [1.82, 2.24) is 19.6 Å². The van der Waals surface area contributed by atoms with E-state index >= 15 is 0 Å². The van der Waals surface area contributed by atoms with Crippen molar-refractivity contribution in [1.29, 1.82) is 0 Å². The normalized spacial score (nSPS) is 18.8. The number of aliphatic hydroxyl groups excluding tert-OH is 1. The first kappa shape index (κ1) is 26.4. The predicted octanol–water partition coefficient (Wildman–Crippen LogP) is 4.30. The first-order valence-electron chi connectivity index (χ1n) is 14.2. The second-order valence-electron chi connectivity index (χ2n) is 11.4. The van der Waals surface area contributed by atoms with E-state index in [0.29, 0.717) is 32.2 Å². The number of benzene rings is 2. The maximum Gasteiger partial charge on any atom is 0.219 e. The molecule has 8 heteroatoms. The van der Waals surface area contributed by atoms with Gasteiger partial charge in [-0.3, -0.25) is 9.48 Å². The molecule has 1 unspecified atom stereocenters. The molecule has 2 aromatic carbocycles. The highest BCUT2D eigenvalue weighted by atomic mass is 35.5. The number of fused-ring (bicyclic) bond motifs is 2. The van der Waals surface area contributed by atoms with E-state index in [2.05, 4.69) is 40.1 Å². The van der Waals surface area contributed by atoms with Crippen molar-refractivity contribution in [2.75, 3.05) is 37.6 Å². The molecule has 1 aromatic heterocycles. The highest BCUT2D eigenvalue weighted by Crippen LogP contribution is 2.34. The van der Waals surface area contributed by atoms with Crippen LogP contribution in [0.25, 0.3) is 11.3 Å². The number of likely N-dealkylation sites (tertiary alicyclic amines) is 1. The summed E-state index contributed by atoms with van der Waals surface area (Å²) in [6, 6.07) is 15.3. The maximum absolute atomic E-state index is 12.2. The molecule has 0 radical (unpaired) electrons. The van der Waals surface area contributed by atoms with Crippen LogP contribution in [0.15, 0.2) is 42.5 Å². The number of aromatic nitrogens is 2. The summed E-state index contributed by atoms with van der Waals surface area (Å²) >= 11 is 6.29. The van der Waals surface area contributed by atoms with Gasteiger partial charge in [0.25, 0.3) is 0 Å². The van der Waals surface area contributed by atoms with Crippen LogP contribution in [-0.4, -0.2) is 75.5 Å². The topological polar surface area (TPSA) is 64.8 Å². The average molecular weight is 548 g/mol. The molecule has 6 rings (SSSR count). The molecule has 39 heavy (non-hydrogen) atoms. The van der Waals surface area contributed by atoms with Crippen molar-refractivity contribution in [3.63, 3.8) is 0 Å². The van der Waals surface area contributed by atoms with E-state index in [1.54, 1.807) is 6.92 Å². The summed E-state index contributed by atoms with van der Waals surface area (Å²) in [5.74, 6) is 0.0764. The Morgan fingerprint density at radius 3 is 2.64 bits per heavy atom. The number of halogens is 1. The molecule has 1 fully saturated rings. The average Bonchev–Trinajstić information content (AvgIpc) is 3.52. The van der Waals surface area contributed by atoms with Gasteiger partial charge in [0.05, 0.1) is 18.3 Å².